The molecule has 98 valence electrons. The standard InChI is InChI=1S/C12H12N4O2S/c13-12-15-14-10(19-12)11(17)16-6-3-7-18-9-5-2-1-4-8(9)16/h1-2,4-5H,3,6-7H2,(H2,13,15). The zero-order chi connectivity index (χ0) is 13.2. The lowest BCUT2D eigenvalue weighted by Crippen LogP contribution is -2.31. The van der Waals surface area contributed by atoms with Crippen molar-refractivity contribution in [3.05, 3.63) is 29.3 Å². The third kappa shape index (κ3) is 2.24. The maximum atomic E-state index is 12.5. The van der Waals surface area contributed by atoms with Crippen molar-refractivity contribution >= 4 is 28.1 Å². The number of nitrogens with zero attached hydrogens (tertiary/aromatic N) is 3. The number of fused-ring (bicyclic) bond motifs is 1. The Kier molecular flexibility index (Phi) is 3.04. The van der Waals surface area contributed by atoms with Gasteiger partial charge in [-0.15, -0.1) is 10.2 Å². The van der Waals surface area contributed by atoms with Gasteiger partial charge in [0.05, 0.1) is 12.3 Å². The van der Waals surface area contributed by atoms with Crippen LogP contribution < -0.4 is 15.4 Å². The van der Waals surface area contributed by atoms with Crippen molar-refractivity contribution in [1.82, 2.24) is 10.2 Å². The van der Waals surface area contributed by atoms with Gasteiger partial charge in [0.2, 0.25) is 10.1 Å². The van der Waals surface area contributed by atoms with Crippen LogP contribution in [-0.4, -0.2) is 29.3 Å². The van der Waals surface area contributed by atoms with Crippen LogP contribution in [0.2, 0.25) is 0 Å². The van der Waals surface area contributed by atoms with Crippen molar-refractivity contribution in [2.45, 2.75) is 6.42 Å². The number of carbonyl (C=O) groups is 1. The Bertz CT molecular complexity index is 613. The van der Waals surface area contributed by atoms with E-state index in [0.717, 1.165) is 23.4 Å². The van der Waals surface area contributed by atoms with Crippen LogP contribution in [-0.2, 0) is 0 Å². The van der Waals surface area contributed by atoms with E-state index in [1.807, 2.05) is 24.3 Å². The highest BCUT2D eigenvalue weighted by Gasteiger charge is 2.25. The second-order valence-corrected chi connectivity index (χ2v) is 5.08. The minimum Gasteiger partial charge on any atom is -0.491 e. The summed E-state index contributed by atoms with van der Waals surface area (Å²) in [7, 11) is 0. The largest absolute Gasteiger partial charge is 0.491 e. The zero-order valence-corrected chi connectivity index (χ0v) is 10.9. The summed E-state index contributed by atoms with van der Waals surface area (Å²) in [6, 6.07) is 7.48. The van der Waals surface area contributed by atoms with Gasteiger partial charge in [-0.1, -0.05) is 23.5 Å². The highest BCUT2D eigenvalue weighted by molar-refractivity contribution is 7.17. The summed E-state index contributed by atoms with van der Waals surface area (Å²) in [6.07, 6.45) is 0.773. The van der Waals surface area contributed by atoms with E-state index < -0.39 is 0 Å². The van der Waals surface area contributed by atoms with Gasteiger partial charge in [0.15, 0.2) is 0 Å². The number of para-hydroxylation sites is 2. The lowest BCUT2D eigenvalue weighted by atomic mass is 10.2. The van der Waals surface area contributed by atoms with Gasteiger partial charge in [-0.25, -0.2) is 0 Å². The number of hydrogen-bond donors (Lipinski definition) is 1. The maximum Gasteiger partial charge on any atom is 0.289 e. The zero-order valence-electron chi connectivity index (χ0n) is 10.1. The highest BCUT2D eigenvalue weighted by atomic mass is 32.1. The molecule has 2 N–H and O–H groups in total. The molecule has 0 atom stereocenters. The Morgan fingerprint density at radius 3 is 3.00 bits per heavy atom. The molecule has 0 fully saturated rings. The molecule has 1 aliphatic rings. The van der Waals surface area contributed by atoms with Crippen LogP contribution in [0.15, 0.2) is 24.3 Å². The molecule has 1 aromatic heterocycles. The van der Waals surface area contributed by atoms with Gasteiger partial charge in [0.1, 0.15) is 5.75 Å². The number of ether oxygens (including phenoxy) is 1. The van der Waals surface area contributed by atoms with Crippen LogP contribution in [0.4, 0.5) is 10.8 Å². The van der Waals surface area contributed by atoms with Gasteiger partial charge in [-0.3, -0.25) is 4.79 Å². The third-order valence-corrected chi connectivity index (χ3v) is 3.55. The first-order valence-corrected chi connectivity index (χ1v) is 6.70. The summed E-state index contributed by atoms with van der Waals surface area (Å²) in [5.41, 5.74) is 6.28. The average molecular weight is 276 g/mol. The number of nitrogen functional groups attached to an aromatic ring is 1. The van der Waals surface area contributed by atoms with E-state index in [2.05, 4.69) is 10.2 Å². The molecule has 0 spiro atoms. The second-order valence-electron chi connectivity index (χ2n) is 4.07. The minimum absolute atomic E-state index is 0.188. The molecule has 0 bridgehead atoms. The summed E-state index contributed by atoms with van der Waals surface area (Å²) in [4.78, 5) is 14.1. The fourth-order valence-electron chi connectivity index (χ4n) is 1.97. The molecule has 2 heterocycles. The first kappa shape index (κ1) is 11.9. The van der Waals surface area contributed by atoms with Crippen LogP contribution >= 0.6 is 11.3 Å². The Hall–Kier alpha value is -2.15. The predicted molar refractivity (Wildman–Crippen MR) is 72.6 cm³/mol. The Morgan fingerprint density at radius 2 is 2.21 bits per heavy atom. The SMILES string of the molecule is Nc1nnc(C(=O)N2CCCOc3ccccc32)s1. The molecule has 0 saturated carbocycles. The van der Waals surface area contributed by atoms with Crippen LogP contribution in [0, 0.1) is 0 Å². The van der Waals surface area contributed by atoms with E-state index in [4.69, 9.17) is 10.5 Å². The van der Waals surface area contributed by atoms with E-state index in [1.54, 1.807) is 4.90 Å². The second kappa shape index (κ2) is 4.85. The molecular weight excluding hydrogens is 264 g/mol. The number of benzene rings is 1. The molecule has 3 rings (SSSR count). The van der Waals surface area contributed by atoms with Crippen molar-refractivity contribution in [1.29, 1.82) is 0 Å². The van der Waals surface area contributed by atoms with E-state index in [9.17, 15) is 4.79 Å². The molecule has 1 aliphatic heterocycles. The summed E-state index contributed by atoms with van der Waals surface area (Å²) >= 11 is 1.09. The van der Waals surface area contributed by atoms with Crippen LogP contribution in [0.5, 0.6) is 5.75 Å². The van der Waals surface area contributed by atoms with Gasteiger partial charge in [0.25, 0.3) is 5.91 Å². The van der Waals surface area contributed by atoms with E-state index >= 15 is 0 Å². The summed E-state index contributed by atoms with van der Waals surface area (Å²) < 4.78 is 5.62. The minimum atomic E-state index is -0.188. The number of rotatable bonds is 1. The Balaban J connectivity index is 1.98. The molecule has 6 nitrogen and oxygen atoms in total. The lowest BCUT2D eigenvalue weighted by Gasteiger charge is -2.20. The van der Waals surface area contributed by atoms with Crippen molar-refractivity contribution in [3.8, 4) is 5.75 Å². The molecule has 19 heavy (non-hydrogen) atoms. The lowest BCUT2D eigenvalue weighted by molar-refractivity contribution is 0.0986. The van der Waals surface area contributed by atoms with Gasteiger partial charge in [-0.2, -0.15) is 0 Å². The van der Waals surface area contributed by atoms with Gasteiger partial charge >= 0.3 is 0 Å². The van der Waals surface area contributed by atoms with Crippen molar-refractivity contribution in [2.75, 3.05) is 23.8 Å². The number of anilines is 2. The topological polar surface area (TPSA) is 81.3 Å². The average Bonchev–Trinajstić information content (AvgIpc) is 2.74. The Morgan fingerprint density at radius 1 is 1.37 bits per heavy atom. The molecule has 0 radical (unpaired) electrons. The number of hydrogen-bond acceptors (Lipinski definition) is 6. The molecule has 1 aromatic carbocycles. The smallest absolute Gasteiger partial charge is 0.289 e. The molecule has 2 aromatic rings. The van der Waals surface area contributed by atoms with E-state index in [1.165, 1.54) is 0 Å². The third-order valence-electron chi connectivity index (χ3n) is 2.81. The fraction of sp³-hybridized carbons (Fsp3) is 0.250. The molecular formula is C12H12N4O2S. The quantitative estimate of drug-likeness (QED) is 0.854. The number of nitrogens with two attached hydrogens (primary N) is 1. The van der Waals surface area contributed by atoms with Crippen LogP contribution in [0.25, 0.3) is 0 Å². The first-order chi connectivity index (χ1) is 9.25. The van der Waals surface area contributed by atoms with E-state index in [0.29, 0.717) is 29.0 Å². The molecule has 7 heteroatoms. The normalized spacial score (nSPS) is 14.4. The first-order valence-electron chi connectivity index (χ1n) is 5.88. The van der Waals surface area contributed by atoms with Gasteiger partial charge in [-0.05, 0) is 18.6 Å². The van der Waals surface area contributed by atoms with Gasteiger partial charge in [0, 0.05) is 6.54 Å². The predicted octanol–water partition coefficient (Wildman–Crippen LogP) is 1.55. The Labute approximate surface area is 113 Å². The summed E-state index contributed by atoms with van der Waals surface area (Å²) in [6.45, 7) is 1.19. The molecule has 0 unspecified atom stereocenters. The molecule has 1 amide bonds. The molecule has 0 saturated heterocycles. The van der Waals surface area contributed by atoms with Crippen molar-refractivity contribution in [3.63, 3.8) is 0 Å². The summed E-state index contributed by atoms with van der Waals surface area (Å²) in [5.74, 6) is 0.526. The fourth-order valence-corrected chi connectivity index (χ4v) is 2.53. The van der Waals surface area contributed by atoms with Crippen molar-refractivity contribution < 1.29 is 9.53 Å². The van der Waals surface area contributed by atoms with Crippen molar-refractivity contribution in [2.24, 2.45) is 0 Å². The van der Waals surface area contributed by atoms with Crippen LogP contribution in [0.1, 0.15) is 16.2 Å². The number of aromatic nitrogens is 2. The molecule has 0 aliphatic carbocycles. The van der Waals surface area contributed by atoms with E-state index in [-0.39, 0.29) is 5.91 Å². The number of carbonyl (C=O) groups excluding carboxylic acids is 1. The summed E-state index contributed by atoms with van der Waals surface area (Å²) in [5, 5.41) is 8.08. The monoisotopic (exact) mass is 276 g/mol. The number of amides is 1. The maximum absolute atomic E-state index is 12.5. The van der Waals surface area contributed by atoms with Gasteiger partial charge < -0.3 is 15.4 Å². The van der Waals surface area contributed by atoms with Crippen LogP contribution in [0.3, 0.4) is 0 Å². The highest BCUT2D eigenvalue weighted by Crippen LogP contribution is 2.31.